The highest BCUT2D eigenvalue weighted by Crippen LogP contribution is 2.23. The highest BCUT2D eigenvalue weighted by molar-refractivity contribution is 5.44. The molecule has 80 valence electrons. The molecular formula is C10H19N3O. The summed E-state index contributed by atoms with van der Waals surface area (Å²) in [6.07, 6.45) is 0.853. The molecule has 0 atom stereocenters. The van der Waals surface area contributed by atoms with Crippen LogP contribution in [0.15, 0.2) is 0 Å². The molecule has 0 aliphatic carbocycles. The van der Waals surface area contributed by atoms with Crippen LogP contribution in [0.25, 0.3) is 0 Å². The lowest BCUT2D eigenvalue weighted by molar-refractivity contribution is 0.150. The van der Waals surface area contributed by atoms with E-state index in [-0.39, 0.29) is 0 Å². The summed E-state index contributed by atoms with van der Waals surface area (Å²) in [6, 6.07) is 0. The zero-order valence-electron chi connectivity index (χ0n) is 9.13. The third-order valence-electron chi connectivity index (χ3n) is 2.19. The maximum absolute atomic E-state index is 5.76. The Morgan fingerprint density at radius 3 is 2.79 bits per heavy atom. The van der Waals surface area contributed by atoms with Crippen LogP contribution in [0.1, 0.15) is 37.9 Å². The van der Waals surface area contributed by atoms with Crippen molar-refractivity contribution in [1.29, 1.82) is 0 Å². The fraction of sp³-hybridized carbons (Fsp3) is 0.700. The van der Waals surface area contributed by atoms with Gasteiger partial charge in [-0.25, -0.2) is 0 Å². The average Bonchev–Trinajstić information content (AvgIpc) is 2.47. The Bertz CT molecular complexity index is 281. The molecule has 0 fully saturated rings. The van der Waals surface area contributed by atoms with Crippen molar-refractivity contribution in [3.05, 3.63) is 11.3 Å². The standard InChI is InChI=1S/C10H19N3O/c1-4-14-6-5-8-9(7(2)3)10(11)13-12-8/h7H,4-6H2,1-3H3,(H3,11,12,13). The van der Waals surface area contributed by atoms with E-state index in [1.807, 2.05) is 6.92 Å². The van der Waals surface area contributed by atoms with Crippen molar-refractivity contribution in [3.8, 4) is 0 Å². The summed E-state index contributed by atoms with van der Waals surface area (Å²) in [6.45, 7) is 7.69. The van der Waals surface area contributed by atoms with Gasteiger partial charge in [-0.2, -0.15) is 5.10 Å². The van der Waals surface area contributed by atoms with Gasteiger partial charge < -0.3 is 10.5 Å². The smallest absolute Gasteiger partial charge is 0.148 e. The number of nitrogens with one attached hydrogen (secondary N) is 1. The Kier molecular flexibility index (Phi) is 3.95. The predicted molar refractivity (Wildman–Crippen MR) is 57.3 cm³/mol. The number of aromatic nitrogens is 2. The van der Waals surface area contributed by atoms with Crippen LogP contribution < -0.4 is 5.73 Å². The lowest BCUT2D eigenvalue weighted by atomic mass is 10.0. The first-order chi connectivity index (χ1) is 6.66. The molecular weight excluding hydrogens is 178 g/mol. The Morgan fingerprint density at radius 1 is 1.50 bits per heavy atom. The van der Waals surface area contributed by atoms with E-state index in [1.165, 1.54) is 0 Å². The van der Waals surface area contributed by atoms with Gasteiger partial charge in [0.2, 0.25) is 0 Å². The fourth-order valence-corrected chi connectivity index (χ4v) is 1.56. The Morgan fingerprint density at radius 2 is 2.21 bits per heavy atom. The molecule has 0 aliphatic heterocycles. The van der Waals surface area contributed by atoms with Crippen molar-refractivity contribution in [2.45, 2.75) is 33.1 Å². The van der Waals surface area contributed by atoms with E-state index in [1.54, 1.807) is 0 Å². The predicted octanol–water partition coefficient (Wildman–Crippen LogP) is 1.69. The SMILES string of the molecule is CCOCCc1[nH]nc(N)c1C(C)C. The van der Waals surface area contributed by atoms with Crippen LogP contribution in [0, 0.1) is 0 Å². The second-order valence-electron chi connectivity index (χ2n) is 3.60. The molecule has 0 saturated heterocycles. The minimum atomic E-state index is 0.408. The summed E-state index contributed by atoms with van der Waals surface area (Å²) >= 11 is 0. The number of ether oxygens (including phenoxy) is 1. The number of nitrogens with zero attached hydrogens (tertiary/aromatic N) is 1. The van der Waals surface area contributed by atoms with Crippen molar-refractivity contribution in [2.75, 3.05) is 18.9 Å². The van der Waals surface area contributed by atoms with E-state index in [2.05, 4.69) is 24.0 Å². The van der Waals surface area contributed by atoms with E-state index in [4.69, 9.17) is 10.5 Å². The summed E-state index contributed by atoms with van der Waals surface area (Å²) in [5, 5.41) is 6.97. The quantitative estimate of drug-likeness (QED) is 0.706. The number of hydrogen-bond donors (Lipinski definition) is 2. The van der Waals surface area contributed by atoms with Gasteiger partial charge in [-0.15, -0.1) is 0 Å². The minimum Gasteiger partial charge on any atom is -0.382 e. The number of nitrogens with two attached hydrogens (primary N) is 1. The zero-order valence-corrected chi connectivity index (χ0v) is 9.13. The summed E-state index contributed by atoms with van der Waals surface area (Å²) < 4.78 is 5.29. The van der Waals surface area contributed by atoms with Crippen molar-refractivity contribution in [3.63, 3.8) is 0 Å². The third-order valence-corrected chi connectivity index (χ3v) is 2.19. The minimum absolute atomic E-state index is 0.408. The van der Waals surface area contributed by atoms with Crippen LogP contribution in [-0.2, 0) is 11.2 Å². The van der Waals surface area contributed by atoms with Gasteiger partial charge in [-0.3, -0.25) is 5.10 Å². The molecule has 0 saturated carbocycles. The Hall–Kier alpha value is -1.03. The van der Waals surface area contributed by atoms with E-state index in [0.29, 0.717) is 11.7 Å². The number of H-pyrrole nitrogens is 1. The van der Waals surface area contributed by atoms with Crippen LogP contribution in [-0.4, -0.2) is 23.4 Å². The summed E-state index contributed by atoms with van der Waals surface area (Å²) in [4.78, 5) is 0. The molecule has 1 rings (SSSR count). The molecule has 1 heterocycles. The molecule has 1 aromatic heterocycles. The Labute approximate surface area is 84.8 Å². The fourth-order valence-electron chi connectivity index (χ4n) is 1.56. The first-order valence-electron chi connectivity index (χ1n) is 5.07. The lowest BCUT2D eigenvalue weighted by Gasteiger charge is -2.07. The molecule has 14 heavy (non-hydrogen) atoms. The van der Waals surface area contributed by atoms with Crippen molar-refractivity contribution in [1.82, 2.24) is 10.2 Å². The molecule has 0 bridgehead atoms. The van der Waals surface area contributed by atoms with E-state index in [0.717, 1.165) is 30.9 Å². The van der Waals surface area contributed by atoms with E-state index < -0.39 is 0 Å². The highest BCUT2D eigenvalue weighted by atomic mass is 16.5. The van der Waals surface area contributed by atoms with Crippen molar-refractivity contribution >= 4 is 5.82 Å². The van der Waals surface area contributed by atoms with Crippen LogP contribution in [0.2, 0.25) is 0 Å². The van der Waals surface area contributed by atoms with Crippen LogP contribution >= 0.6 is 0 Å². The second-order valence-corrected chi connectivity index (χ2v) is 3.60. The summed E-state index contributed by atoms with van der Waals surface area (Å²) in [5.41, 5.74) is 8.00. The van der Waals surface area contributed by atoms with Gasteiger partial charge in [0.1, 0.15) is 5.82 Å². The molecule has 3 N–H and O–H groups in total. The van der Waals surface area contributed by atoms with Crippen LogP contribution in [0.5, 0.6) is 0 Å². The van der Waals surface area contributed by atoms with Gasteiger partial charge in [-0.1, -0.05) is 13.8 Å². The third kappa shape index (κ3) is 2.48. The Balaban J connectivity index is 2.66. The molecule has 0 aliphatic rings. The number of hydrogen-bond acceptors (Lipinski definition) is 3. The molecule has 0 aromatic carbocycles. The normalized spacial score (nSPS) is 11.1. The van der Waals surface area contributed by atoms with Gasteiger partial charge in [-0.05, 0) is 12.8 Å². The zero-order chi connectivity index (χ0) is 10.6. The van der Waals surface area contributed by atoms with Gasteiger partial charge >= 0.3 is 0 Å². The second kappa shape index (κ2) is 5.00. The van der Waals surface area contributed by atoms with Gasteiger partial charge in [0, 0.05) is 24.3 Å². The highest BCUT2D eigenvalue weighted by Gasteiger charge is 2.13. The van der Waals surface area contributed by atoms with E-state index in [9.17, 15) is 0 Å². The lowest BCUT2D eigenvalue weighted by Crippen LogP contribution is -2.02. The van der Waals surface area contributed by atoms with Gasteiger partial charge in [0.15, 0.2) is 0 Å². The largest absolute Gasteiger partial charge is 0.382 e. The molecule has 4 heteroatoms. The van der Waals surface area contributed by atoms with Crippen LogP contribution in [0.3, 0.4) is 0 Å². The first kappa shape index (κ1) is 11.0. The monoisotopic (exact) mass is 197 g/mol. The molecule has 0 radical (unpaired) electrons. The molecule has 1 aromatic rings. The molecule has 4 nitrogen and oxygen atoms in total. The average molecular weight is 197 g/mol. The number of nitrogen functional groups attached to an aromatic ring is 1. The van der Waals surface area contributed by atoms with Gasteiger partial charge in [0.25, 0.3) is 0 Å². The molecule has 0 amide bonds. The van der Waals surface area contributed by atoms with Crippen LogP contribution in [0.4, 0.5) is 5.82 Å². The summed E-state index contributed by atoms with van der Waals surface area (Å²) in [5.74, 6) is 1.02. The summed E-state index contributed by atoms with van der Waals surface area (Å²) in [7, 11) is 0. The number of anilines is 1. The maximum Gasteiger partial charge on any atom is 0.148 e. The molecule has 0 spiro atoms. The van der Waals surface area contributed by atoms with Gasteiger partial charge in [0.05, 0.1) is 6.61 Å². The maximum atomic E-state index is 5.76. The molecule has 0 unspecified atom stereocenters. The van der Waals surface area contributed by atoms with Crippen molar-refractivity contribution in [2.24, 2.45) is 0 Å². The number of aromatic amines is 1. The number of rotatable bonds is 5. The van der Waals surface area contributed by atoms with E-state index >= 15 is 0 Å². The topological polar surface area (TPSA) is 63.9 Å². The first-order valence-corrected chi connectivity index (χ1v) is 5.07. The van der Waals surface area contributed by atoms with Crippen molar-refractivity contribution < 1.29 is 4.74 Å².